The third kappa shape index (κ3) is 3.13. The Kier molecular flexibility index (Phi) is 3.56. The molecule has 0 aliphatic carbocycles. The fourth-order valence-electron chi connectivity index (χ4n) is 0.840. The zero-order valence-electron chi connectivity index (χ0n) is 7.97. The van der Waals surface area contributed by atoms with Gasteiger partial charge in [0.05, 0.1) is 0 Å². The molecule has 1 heteroatoms. The molecular weight excluding hydrogens is 259 g/mol. The Bertz CT molecular complexity index is 226. The molecule has 1 aromatic rings. The molecule has 0 saturated heterocycles. The molecule has 0 atom stereocenters. The molecule has 0 bridgehead atoms. The van der Waals surface area contributed by atoms with Crippen LogP contribution < -0.4 is 21.2 Å². The van der Waals surface area contributed by atoms with Crippen LogP contribution in [0.3, 0.4) is 0 Å². The zero-order valence-corrected chi connectivity index (χ0v) is 10.1. The Labute approximate surface area is 85.6 Å². The van der Waals surface area contributed by atoms with E-state index in [4.69, 9.17) is 0 Å². The van der Waals surface area contributed by atoms with Crippen molar-refractivity contribution in [3.63, 3.8) is 0 Å². The molecule has 0 saturated carbocycles. The molecule has 1 aromatic carbocycles. The van der Waals surface area contributed by atoms with E-state index in [0.29, 0.717) is 3.42 Å². The predicted molar refractivity (Wildman–Crippen MR) is 49.5 cm³/mol. The number of benzene rings is 1. The van der Waals surface area contributed by atoms with Gasteiger partial charge in [0.2, 0.25) is 0 Å². The molecule has 12 heavy (non-hydrogen) atoms. The number of hydrogen-bond donors (Lipinski definition) is 0. The standard InChI is InChI=1S/C11H16I/c1-4-11(2,3)12-10-8-6-5-7-9-10/h5-9H,4H2,1-3H3/q-1. The molecule has 0 aromatic heterocycles. The van der Waals surface area contributed by atoms with E-state index in [1.165, 1.54) is 6.42 Å². The molecule has 68 valence electrons. The van der Waals surface area contributed by atoms with Gasteiger partial charge in [-0.25, -0.2) is 0 Å². The predicted octanol–water partition coefficient (Wildman–Crippen LogP) is 0.134. The van der Waals surface area contributed by atoms with E-state index in [1.54, 1.807) is 3.57 Å². The van der Waals surface area contributed by atoms with Gasteiger partial charge >= 0.3 is 85.7 Å². The van der Waals surface area contributed by atoms with Crippen molar-refractivity contribution in [1.82, 2.24) is 0 Å². The molecule has 0 nitrogen and oxygen atoms in total. The van der Waals surface area contributed by atoms with Crippen LogP contribution in [0.2, 0.25) is 0 Å². The topological polar surface area (TPSA) is 0 Å². The second-order valence-corrected chi connectivity index (χ2v) is 8.17. The summed E-state index contributed by atoms with van der Waals surface area (Å²) >= 11 is 0.180. The van der Waals surface area contributed by atoms with Crippen molar-refractivity contribution in [2.24, 2.45) is 0 Å². The fraction of sp³-hybridized carbons (Fsp3) is 0.455. The van der Waals surface area contributed by atoms with Gasteiger partial charge < -0.3 is 0 Å². The minimum atomic E-state index is 0.180. The average Bonchev–Trinajstić information content (AvgIpc) is 2.06. The van der Waals surface area contributed by atoms with Gasteiger partial charge in [-0.2, -0.15) is 0 Å². The van der Waals surface area contributed by atoms with Crippen molar-refractivity contribution in [3.8, 4) is 0 Å². The quantitative estimate of drug-likeness (QED) is 0.543. The van der Waals surface area contributed by atoms with E-state index in [1.807, 2.05) is 0 Å². The molecule has 0 spiro atoms. The summed E-state index contributed by atoms with van der Waals surface area (Å²) in [4.78, 5) is 0. The number of rotatable bonds is 3. The van der Waals surface area contributed by atoms with Gasteiger partial charge in [-0.1, -0.05) is 0 Å². The third-order valence-electron chi connectivity index (χ3n) is 1.94. The van der Waals surface area contributed by atoms with Crippen molar-refractivity contribution in [2.45, 2.75) is 30.6 Å². The number of hydrogen-bond acceptors (Lipinski definition) is 0. The molecular formula is C11H16I-. The van der Waals surface area contributed by atoms with Gasteiger partial charge in [0.15, 0.2) is 0 Å². The summed E-state index contributed by atoms with van der Waals surface area (Å²) < 4.78 is 2.11. The normalized spacial score (nSPS) is 11.9. The van der Waals surface area contributed by atoms with Gasteiger partial charge in [0, 0.05) is 0 Å². The van der Waals surface area contributed by atoms with Gasteiger partial charge in [0.25, 0.3) is 0 Å². The molecule has 0 amide bonds. The SMILES string of the molecule is CCC(C)(C)[I-]c1ccccc1. The summed E-state index contributed by atoms with van der Waals surface area (Å²) in [7, 11) is 0. The Hall–Kier alpha value is -0.0500. The number of alkyl halides is 1. The molecule has 0 aliphatic heterocycles. The van der Waals surface area contributed by atoms with Crippen LogP contribution in [0.4, 0.5) is 0 Å². The second kappa shape index (κ2) is 4.26. The second-order valence-electron chi connectivity index (χ2n) is 3.46. The van der Waals surface area contributed by atoms with Crippen molar-refractivity contribution in [3.05, 3.63) is 33.9 Å². The van der Waals surface area contributed by atoms with E-state index >= 15 is 0 Å². The van der Waals surface area contributed by atoms with Crippen LogP contribution in [-0.2, 0) is 0 Å². The molecule has 0 unspecified atom stereocenters. The van der Waals surface area contributed by atoms with Gasteiger partial charge in [-0.15, -0.1) is 0 Å². The summed E-state index contributed by atoms with van der Waals surface area (Å²) in [6, 6.07) is 10.9. The first kappa shape index (κ1) is 10.0. The first-order valence-electron chi connectivity index (χ1n) is 4.35. The Balaban J connectivity index is 2.64. The first-order chi connectivity index (χ1) is 5.64. The molecule has 0 fully saturated rings. The summed E-state index contributed by atoms with van der Waals surface area (Å²) in [5.41, 5.74) is 0. The number of halogens is 1. The van der Waals surface area contributed by atoms with E-state index in [-0.39, 0.29) is 21.2 Å². The summed E-state index contributed by atoms with van der Waals surface area (Å²) in [5.74, 6) is 0. The maximum atomic E-state index is 2.37. The Morgan fingerprint density at radius 2 is 1.75 bits per heavy atom. The monoisotopic (exact) mass is 275 g/mol. The van der Waals surface area contributed by atoms with Crippen LogP contribution >= 0.6 is 0 Å². The molecule has 0 N–H and O–H groups in total. The fourth-order valence-corrected chi connectivity index (χ4v) is 3.68. The van der Waals surface area contributed by atoms with E-state index in [2.05, 4.69) is 51.1 Å². The van der Waals surface area contributed by atoms with Crippen LogP contribution in [0.5, 0.6) is 0 Å². The van der Waals surface area contributed by atoms with Crippen LogP contribution in [0.25, 0.3) is 0 Å². The summed E-state index contributed by atoms with van der Waals surface area (Å²) in [6.07, 6.45) is 1.29. The molecule has 0 radical (unpaired) electrons. The molecule has 0 aliphatic rings. The molecule has 0 heterocycles. The van der Waals surface area contributed by atoms with Crippen molar-refractivity contribution >= 4 is 0 Å². The van der Waals surface area contributed by atoms with Gasteiger partial charge in [-0.3, -0.25) is 0 Å². The third-order valence-corrected chi connectivity index (χ3v) is 5.50. The minimum absolute atomic E-state index is 0.180. The van der Waals surface area contributed by atoms with Crippen LogP contribution in [0.15, 0.2) is 30.3 Å². The van der Waals surface area contributed by atoms with E-state index < -0.39 is 0 Å². The Morgan fingerprint density at radius 1 is 1.17 bits per heavy atom. The van der Waals surface area contributed by atoms with Crippen LogP contribution in [-0.4, -0.2) is 3.42 Å². The van der Waals surface area contributed by atoms with Crippen molar-refractivity contribution in [1.29, 1.82) is 0 Å². The van der Waals surface area contributed by atoms with E-state index in [9.17, 15) is 0 Å². The first-order valence-corrected chi connectivity index (χ1v) is 6.51. The summed E-state index contributed by atoms with van der Waals surface area (Å²) in [5, 5.41) is 0. The van der Waals surface area contributed by atoms with Gasteiger partial charge in [-0.05, 0) is 0 Å². The van der Waals surface area contributed by atoms with Crippen molar-refractivity contribution in [2.75, 3.05) is 0 Å². The van der Waals surface area contributed by atoms with Crippen LogP contribution in [0, 0.1) is 3.57 Å². The zero-order chi connectivity index (χ0) is 9.03. The van der Waals surface area contributed by atoms with Gasteiger partial charge in [0.1, 0.15) is 0 Å². The van der Waals surface area contributed by atoms with E-state index in [0.717, 1.165) is 0 Å². The van der Waals surface area contributed by atoms with Crippen molar-refractivity contribution < 1.29 is 21.2 Å². The Morgan fingerprint density at radius 3 is 2.25 bits per heavy atom. The maximum absolute atomic E-state index is 2.37. The average molecular weight is 275 g/mol. The molecule has 1 rings (SSSR count). The summed E-state index contributed by atoms with van der Waals surface area (Å²) in [6.45, 7) is 7.02. The van der Waals surface area contributed by atoms with Crippen LogP contribution in [0.1, 0.15) is 27.2 Å².